The number of hydrogen-bond acceptors (Lipinski definition) is 2. The third-order valence-corrected chi connectivity index (χ3v) is 2.66. The standard InChI is InChI=1S/C10H16ClNO2/c1-5-6-12-8(10(2,3)11)7(14-4)9(12)13/h5,7-8H,1,6H2,2-4H3/t7-,8-/m0/s1. The summed E-state index contributed by atoms with van der Waals surface area (Å²) in [6.45, 7) is 7.90. The first kappa shape index (κ1) is 11.5. The van der Waals surface area contributed by atoms with E-state index < -0.39 is 11.0 Å². The van der Waals surface area contributed by atoms with Crippen LogP contribution in [0.5, 0.6) is 0 Å². The second-order valence-corrected chi connectivity index (χ2v) is 4.92. The van der Waals surface area contributed by atoms with Crippen LogP contribution in [0.25, 0.3) is 0 Å². The molecule has 1 rings (SSSR count). The van der Waals surface area contributed by atoms with Gasteiger partial charge in [0.15, 0.2) is 6.10 Å². The van der Waals surface area contributed by atoms with Gasteiger partial charge in [0.25, 0.3) is 5.91 Å². The Hall–Kier alpha value is -0.540. The highest BCUT2D eigenvalue weighted by Gasteiger charge is 2.53. The molecule has 0 bridgehead atoms. The van der Waals surface area contributed by atoms with Crippen molar-refractivity contribution in [2.45, 2.75) is 30.9 Å². The van der Waals surface area contributed by atoms with Crippen molar-refractivity contribution in [1.29, 1.82) is 0 Å². The van der Waals surface area contributed by atoms with E-state index in [4.69, 9.17) is 16.3 Å². The van der Waals surface area contributed by atoms with Crippen LogP contribution in [0.2, 0.25) is 0 Å². The van der Waals surface area contributed by atoms with Crippen LogP contribution in [0.15, 0.2) is 12.7 Å². The van der Waals surface area contributed by atoms with E-state index in [0.29, 0.717) is 6.54 Å². The van der Waals surface area contributed by atoms with Gasteiger partial charge < -0.3 is 9.64 Å². The Morgan fingerprint density at radius 3 is 2.64 bits per heavy atom. The summed E-state index contributed by atoms with van der Waals surface area (Å²) in [5, 5.41) is 0. The lowest BCUT2D eigenvalue weighted by atomic mass is 9.87. The highest BCUT2D eigenvalue weighted by molar-refractivity contribution is 6.24. The van der Waals surface area contributed by atoms with Gasteiger partial charge in [-0.2, -0.15) is 0 Å². The van der Waals surface area contributed by atoms with Gasteiger partial charge in [-0.25, -0.2) is 0 Å². The Labute approximate surface area is 89.7 Å². The van der Waals surface area contributed by atoms with E-state index in [2.05, 4.69) is 6.58 Å². The van der Waals surface area contributed by atoms with Crippen LogP contribution in [0.1, 0.15) is 13.8 Å². The van der Waals surface area contributed by atoms with E-state index in [9.17, 15) is 4.79 Å². The van der Waals surface area contributed by atoms with Crippen LogP contribution in [0.4, 0.5) is 0 Å². The first-order valence-electron chi connectivity index (χ1n) is 4.56. The molecule has 14 heavy (non-hydrogen) atoms. The monoisotopic (exact) mass is 217 g/mol. The van der Waals surface area contributed by atoms with Crippen LogP contribution in [0.3, 0.4) is 0 Å². The maximum absolute atomic E-state index is 11.5. The molecule has 2 atom stereocenters. The van der Waals surface area contributed by atoms with Gasteiger partial charge in [-0.05, 0) is 13.8 Å². The number of halogens is 1. The molecule has 4 heteroatoms. The van der Waals surface area contributed by atoms with Crippen molar-refractivity contribution < 1.29 is 9.53 Å². The fourth-order valence-electron chi connectivity index (χ4n) is 1.82. The highest BCUT2D eigenvalue weighted by Crippen LogP contribution is 2.35. The Morgan fingerprint density at radius 1 is 1.71 bits per heavy atom. The normalized spacial score (nSPS) is 27.4. The molecule has 1 aliphatic heterocycles. The molecule has 0 aromatic rings. The van der Waals surface area contributed by atoms with E-state index in [1.807, 2.05) is 13.8 Å². The molecule has 0 saturated carbocycles. The molecule has 3 nitrogen and oxygen atoms in total. The van der Waals surface area contributed by atoms with Gasteiger partial charge in [-0.1, -0.05) is 6.08 Å². The minimum absolute atomic E-state index is 0.00822. The molecule has 0 radical (unpaired) electrons. The zero-order valence-corrected chi connectivity index (χ0v) is 9.54. The quantitative estimate of drug-likeness (QED) is 0.405. The molecule has 0 N–H and O–H groups in total. The maximum Gasteiger partial charge on any atom is 0.254 e. The number of nitrogens with zero attached hydrogens (tertiary/aromatic N) is 1. The van der Waals surface area contributed by atoms with Crippen LogP contribution in [0, 0.1) is 0 Å². The van der Waals surface area contributed by atoms with Gasteiger partial charge in [0, 0.05) is 13.7 Å². The predicted molar refractivity (Wildman–Crippen MR) is 56.4 cm³/mol. The molecule has 1 amide bonds. The summed E-state index contributed by atoms with van der Waals surface area (Å²) in [6.07, 6.45) is 1.29. The Kier molecular flexibility index (Phi) is 3.22. The SMILES string of the molecule is C=CCN1C(=O)[C@@H](OC)[C@H]1C(C)(C)Cl. The van der Waals surface area contributed by atoms with Crippen molar-refractivity contribution in [2.24, 2.45) is 0 Å². The molecular formula is C10H16ClNO2. The molecule has 1 heterocycles. The third-order valence-electron chi connectivity index (χ3n) is 2.43. The maximum atomic E-state index is 11.5. The van der Waals surface area contributed by atoms with Crippen LogP contribution < -0.4 is 0 Å². The minimum Gasteiger partial charge on any atom is -0.369 e. The first-order valence-corrected chi connectivity index (χ1v) is 4.94. The van der Waals surface area contributed by atoms with Gasteiger partial charge in [0.1, 0.15) is 0 Å². The molecule has 0 aliphatic carbocycles. The topological polar surface area (TPSA) is 29.5 Å². The zero-order chi connectivity index (χ0) is 10.9. The van der Waals surface area contributed by atoms with Gasteiger partial charge in [-0.15, -0.1) is 18.2 Å². The number of likely N-dealkylation sites (tertiary alicyclic amines) is 1. The van der Waals surface area contributed by atoms with E-state index in [1.54, 1.807) is 11.0 Å². The first-order chi connectivity index (χ1) is 6.43. The number of methoxy groups -OCH3 is 1. The van der Waals surface area contributed by atoms with E-state index in [0.717, 1.165) is 0 Å². The second-order valence-electron chi connectivity index (χ2n) is 3.94. The third kappa shape index (κ3) is 1.79. The van der Waals surface area contributed by atoms with Crippen LogP contribution >= 0.6 is 11.6 Å². The Balaban J connectivity index is 2.78. The van der Waals surface area contributed by atoms with E-state index in [1.165, 1.54) is 7.11 Å². The average molecular weight is 218 g/mol. The fourth-order valence-corrected chi connectivity index (χ4v) is 2.05. The van der Waals surface area contributed by atoms with E-state index in [-0.39, 0.29) is 11.9 Å². The summed E-state index contributed by atoms with van der Waals surface area (Å²) in [4.78, 5) is 12.7. The predicted octanol–water partition coefficient (Wildman–Crippen LogP) is 1.42. The number of alkyl halides is 1. The summed E-state index contributed by atoms with van der Waals surface area (Å²) in [7, 11) is 1.53. The Bertz CT molecular complexity index is 247. The molecule has 0 aromatic heterocycles. The number of hydrogen-bond donors (Lipinski definition) is 0. The van der Waals surface area contributed by atoms with Crippen molar-refractivity contribution in [3.63, 3.8) is 0 Å². The molecule has 1 aliphatic rings. The molecule has 1 fully saturated rings. The van der Waals surface area contributed by atoms with Gasteiger partial charge >= 0.3 is 0 Å². The minimum atomic E-state index is -0.475. The number of rotatable bonds is 4. The van der Waals surface area contributed by atoms with E-state index >= 15 is 0 Å². The summed E-state index contributed by atoms with van der Waals surface area (Å²) < 4.78 is 5.10. The summed E-state index contributed by atoms with van der Waals surface area (Å²) in [5.74, 6) is -0.00822. The smallest absolute Gasteiger partial charge is 0.254 e. The lowest BCUT2D eigenvalue weighted by molar-refractivity contribution is -0.171. The summed E-state index contributed by atoms with van der Waals surface area (Å²) in [6, 6.07) is -0.0698. The number of carbonyl (C=O) groups excluding carboxylic acids is 1. The lowest BCUT2D eigenvalue weighted by Crippen LogP contribution is -2.71. The molecular weight excluding hydrogens is 202 g/mol. The van der Waals surface area contributed by atoms with Gasteiger partial charge in [-0.3, -0.25) is 4.79 Å². The van der Waals surface area contributed by atoms with Crippen molar-refractivity contribution in [1.82, 2.24) is 4.90 Å². The number of ether oxygens (including phenoxy) is 1. The molecule has 0 unspecified atom stereocenters. The van der Waals surface area contributed by atoms with Crippen molar-refractivity contribution in [2.75, 3.05) is 13.7 Å². The van der Waals surface area contributed by atoms with Crippen molar-refractivity contribution >= 4 is 17.5 Å². The summed E-state index contributed by atoms with van der Waals surface area (Å²) in [5.41, 5.74) is 0. The number of carbonyl (C=O) groups is 1. The number of β-lactam (4-membered cyclic amide) rings is 1. The average Bonchev–Trinajstić information content (AvgIpc) is 2.07. The Morgan fingerprint density at radius 2 is 2.29 bits per heavy atom. The van der Waals surface area contributed by atoms with Crippen LogP contribution in [-0.4, -0.2) is 41.5 Å². The lowest BCUT2D eigenvalue weighted by Gasteiger charge is -2.50. The molecule has 80 valence electrons. The zero-order valence-electron chi connectivity index (χ0n) is 8.79. The molecule has 1 saturated heterocycles. The second kappa shape index (κ2) is 3.91. The highest BCUT2D eigenvalue weighted by atomic mass is 35.5. The van der Waals surface area contributed by atoms with Crippen molar-refractivity contribution in [3.8, 4) is 0 Å². The van der Waals surface area contributed by atoms with Crippen LogP contribution in [-0.2, 0) is 9.53 Å². The molecule has 0 spiro atoms. The molecule has 0 aromatic carbocycles. The number of amides is 1. The van der Waals surface area contributed by atoms with Gasteiger partial charge in [0.2, 0.25) is 0 Å². The largest absolute Gasteiger partial charge is 0.369 e. The fraction of sp³-hybridized carbons (Fsp3) is 0.700. The van der Waals surface area contributed by atoms with Gasteiger partial charge in [0.05, 0.1) is 10.9 Å². The summed E-state index contributed by atoms with van der Waals surface area (Å²) >= 11 is 6.20. The van der Waals surface area contributed by atoms with Crippen molar-refractivity contribution in [3.05, 3.63) is 12.7 Å².